The Balaban J connectivity index is 2.12. The van der Waals surface area contributed by atoms with Gasteiger partial charge < -0.3 is 10.8 Å². The molecule has 0 saturated carbocycles. The molecule has 0 fully saturated rings. The van der Waals surface area contributed by atoms with Crippen LogP contribution in [0.1, 0.15) is 15.9 Å². The molecule has 0 saturated heterocycles. The lowest BCUT2D eigenvalue weighted by Crippen LogP contribution is -2.07. The predicted molar refractivity (Wildman–Crippen MR) is 99.5 cm³/mol. The summed E-state index contributed by atoms with van der Waals surface area (Å²) in [7, 11) is -8.96. The normalized spacial score (nSPS) is 12.2. The van der Waals surface area contributed by atoms with Crippen LogP contribution >= 0.6 is 0 Å². The van der Waals surface area contributed by atoms with Gasteiger partial charge in [-0.1, -0.05) is 6.07 Å². The Bertz CT molecular complexity index is 1330. The van der Waals surface area contributed by atoms with Crippen molar-refractivity contribution in [3.63, 3.8) is 0 Å². The zero-order valence-corrected chi connectivity index (χ0v) is 15.5. The molecule has 146 valence electrons. The summed E-state index contributed by atoms with van der Waals surface area (Å²) in [4.78, 5) is 11.8. The summed E-state index contributed by atoms with van der Waals surface area (Å²) in [6.07, 6.45) is 0. The zero-order chi connectivity index (χ0) is 20.9. The molecule has 3 aromatic carbocycles. The van der Waals surface area contributed by atoms with Crippen LogP contribution in [0.25, 0.3) is 10.8 Å². The third-order valence-corrected chi connectivity index (χ3v) is 5.77. The maximum Gasteiger partial charge on any atom is 0.294 e. The van der Waals surface area contributed by atoms with Crippen molar-refractivity contribution in [2.45, 2.75) is 9.79 Å². The van der Waals surface area contributed by atoms with Crippen molar-refractivity contribution in [1.29, 1.82) is 0 Å². The average molecular weight is 423 g/mol. The molecule has 0 atom stereocenters. The third-order valence-electron chi connectivity index (χ3n) is 4.07. The average Bonchev–Trinajstić information content (AvgIpc) is 2.59. The van der Waals surface area contributed by atoms with E-state index in [2.05, 4.69) is 0 Å². The van der Waals surface area contributed by atoms with Crippen molar-refractivity contribution in [2.75, 3.05) is 5.73 Å². The number of nitrogens with two attached hydrogens (primary N) is 1. The third kappa shape index (κ3) is 3.55. The van der Waals surface area contributed by atoms with Crippen molar-refractivity contribution >= 4 is 42.5 Å². The van der Waals surface area contributed by atoms with E-state index in [1.54, 1.807) is 0 Å². The minimum absolute atomic E-state index is 0.0120. The number of phenolic OH excluding ortho intramolecular Hbond substituents is 1. The van der Waals surface area contributed by atoms with Crippen LogP contribution in [0.2, 0.25) is 0 Å². The van der Waals surface area contributed by atoms with E-state index in [9.17, 15) is 26.7 Å². The van der Waals surface area contributed by atoms with Gasteiger partial charge in [-0.2, -0.15) is 16.8 Å². The summed E-state index contributed by atoms with van der Waals surface area (Å²) in [6.45, 7) is 0. The number of fused-ring (bicyclic) bond motifs is 1. The van der Waals surface area contributed by atoms with Crippen LogP contribution in [0.4, 0.5) is 5.69 Å². The number of carbonyl (C=O) groups excluding carboxylic acids is 1. The van der Waals surface area contributed by atoms with Gasteiger partial charge in [-0.3, -0.25) is 13.9 Å². The van der Waals surface area contributed by atoms with Gasteiger partial charge in [0, 0.05) is 22.6 Å². The second kappa shape index (κ2) is 6.56. The fourth-order valence-electron chi connectivity index (χ4n) is 2.73. The summed E-state index contributed by atoms with van der Waals surface area (Å²) >= 11 is 0. The molecule has 0 spiro atoms. The smallest absolute Gasteiger partial charge is 0.294 e. The number of phenols is 1. The molecule has 0 radical (unpaired) electrons. The number of nitrogen functional groups attached to an aromatic ring is 1. The molecule has 0 bridgehead atoms. The summed E-state index contributed by atoms with van der Waals surface area (Å²) in [6, 6.07) is 9.04. The van der Waals surface area contributed by atoms with Crippen LogP contribution in [-0.4, -0.2) is 36.8 Å². The molecule has 11 heteroatoms. The zero-order valence-electron chi connectivity index (χ0n) is 13.9. The summed E-state index contributed by atoms with van der Waals surface area (Å²) in [5.41, 5.74) is 5.93. The van der Waals surface area contributed by atoms with Gasteiger partial charge in [0.2, 0.25) is 0 Å². The van der Waals surface area contributed by atoms with Gasteiger partial charge in [-0.25, -0.2) is 0 Å². The van der Waals surface area contributed by atoms with E-state index in [-0.39, 0.29) is 32.5 Å². The van der Waals surface area contributed by atoms with Crippen LogP contribution in [0.15, 0.2) is 58.3 Å². The van der Waals surface area contributed by atoms with Crippen LogP contribution in [0.5, 0.6) is 5.75 Å². The van der Waals surface area contributed by atoms with Crippen molar-refractivity contribution in [1.82, 2.24) is 0 Å². The molecule has 0 heterocycles. The number of benzene rings is 3. The predicted octanol–water partition coefficient (Wildman–Crippen LogP) is 1.85. The van der Waals surface area contributed by atoms with Gasteiger partial charge >= 0.3 is 0 Å². The van der Waals surface area contributed by atoms with E-state index in [0.29, 0.717) is 0 Å². The Morgan fingerprint density at radius 2 is 1.39 bits per heavy atom. The van der Waals surface area contributed by atoms with Gasteiger partial charge in [0.25, 0.3) is 20.2 Å². The largest absolute Gasteiger partial charge is 0.507 e. The molecule has 0 aliphatic rings. The maximum atomic E-state index is 12.7. The van der Waals surface area contributed by atoms with Gasteiger partial charge in [-0.05, 0) is 41.8 Å². The van der Waals surface area contributed by atoms with E-state index < -0.39 is 36.7 Å². The molecule has 0 aliphatic heterocycles. The highest BCUT2D eigenvalue weighted by Gasteiger charge is 2.20. The van der Waals surface area contributed by atoms with Crippen LogP contribution in [-0.2, 0) is 20.2 Å². The fraction of sp³-hybridized carbons (Fsp3) is 0. The Morgan fingerprint density at radius 3 is 1.93 bits per heavy atom. The van der Waals surface area contributed by atoms with Gasteiger partial charge in [-0.15, -0.1) is 0 Å². The van der Waals surface area contributed by atoms with Gasteiger partial charge in [0.1, 0.15) is 5.75 Å². The lowest BCUT2D eigenvalue weighted by Gasteiger charge is -2.11. The molecular formula is C17H13NO8S2. The fourth-order valence-corrected chi connectivity index (χ4v) is 3.74. The van der Waals surface area contributed by atoms with Gasteiger partial charge in [0.05, 0.1) is 15.5 Å². The molecule has 0 aromatic heterocycles. The Kier molecular flexibility index (Phi) is 4.63. The molecule has 9 nitrogen and oxygen atoms in total. The van der Waals surface area contributed by atoms with E-state index in [1.165, 1.54) is 24.3 Å². The number of ketones is 1. The number of aromatic hydroxyl groups is 1. The molecule has 3 rings (SSSR count). The van der Waals surface area contributed by atoms with Crippen molar-refractivity contribution in [3.8, 4) is 5.75 Å². The van der Waals surface area contributed by atoms with E-state index in [1.807, 2.05) is 0 Å². The van der Waals surface area contributed by atoms with E-state index >= 15 is 0 Å². The highest BCUT2D eigenvalue weighted by molar-refractivity contribution is 7.86. The molecule has 3 aromatic rings. The Morgan fingerprint density at radius 1 is 0.821 bits per heavy atom. The van der Waals surface area contributed by atoms with E-state index in [4.69, 9.17) is 14.8 Å². The minimum atomic E-state index is -4.55. The highest BCUT2D eigenvalue weighted by atomic mass is 32.2. The molecule has 0 unspecified atom stereocenters. The lowest BCUT2D eigenvalue weighted by atomic mass is 9.97. The van der Waals surface area contributed by atoms with Crippen molar-refractivity contribution in [2.24, 2.45) is 0 Å². The number of rotatable bonds is 4. The first kappa shape index (κ1) is 19.8. The lowest BCUT2D eigenvalue weighted by molar-refractivity contribution is 0.103. The number of hydrogen-bond donors (Lipinski definition) is 4. The summed E-state index contributed by atoms with van der Waals surface area (Å²) < 4.78 is 62.8. The first-order chi connectivity index (χ1) is 12.9. The molecular weight excluding hydrogens is 410 g/mol. The highest BCUT2D eigenvalue weighted by Crippen LogP contribution is 2.35. The number of anilines is 1. The number of carbonyl (C=O) groups is 1. The second-order valence-electron chi connectivity index (χ2n) is 5.87. The van der Waals surface area contributed by atoms with Crippen molar-refractivity contribution in [3.05, 3.63) is 59.7 Å². The summed E-state index contributed by atoms with van der Waals surface area (Å²) in [5, 5.41) is 10.3. The van der Waals surface area contributed by atoms with Crippen LogP contribution in [0.3, 0.4) is 0 Å². The first-order valence-corrected chi connectivity index (χ1v) is 10.4. The SMILES string of the molecule is Nc1c(C(=O)c2ccc(S(=O)(=O)O)cc2)ccc2cc(S(=O)(=O)O)cc(O)c12. The quantitative estimate of drug-likeness (QED) is 0.277. The molecule has 0 amide bonds. The Labute approximate surface area is 159 Å². The molecule has 28 heavy (non-hydrogen) atoms. The van der Waals surface area contributed by atoms with Crippen LogP contribution < -0.4 is 5.73 Å². The van der Waals surface area contributed by atoms with Crippen molar-refractivity contribution < 1.29 is 35.8 Å². The molecule has 5 N–H and O–H groups in total. The number of hydrogen-bond acceptors (Lipinski definition) is 7. The molecule has 0 aliphatic carbocycles. The topological polar surface area (TPSA) is 172 Å². The summed E-state index contributed by atoms with van der Waals surface area (Å²) in [5.74, 6) is -1.13. The first-order valence-electron chi connectivity index (χ1n) is 7.54. The van der Waals surface area contributed by atoms with Gasteiger partial charge in [0.15, 0.2) is 5.78 Å². The standard InChI is InChI=1S/C17H13NO8S2/c18-16-13(17(20)9-1-4-11(5-2-9)27(21,22)23)6-3-10-7-12(28(24,25)26)8-14(19)15(10)16/h1-8,19H,18H2,(H,21,22,23)(H,24,25,26). The maximum absolute atomic E-state index is 12.7. The monoisotopic (exact) mass is 423 g/mol. The second-order valence-corrected chi connectivity index (χ2v) is 8.71. The minimum Gasteiger partial charge on any atom is -0.507 e. The van der Waals surface area contributed by atoms with E-state index in [0.717, 1.165) is 24.3 Å². The Hall–Kier alpha value is -2.99. The van der Waals surface area contributed by atoms with Crippen LogP contribution in [0, 0.1) is 0 Å².